The van der Waals surface area contributed by atoms with E-state index in [1.807, 2.05) is 25.4 Å². The van der Waals surface area contributed by atoms with E-state index in [0.29, 0.717) is 18.1 Å². The number of hydrogen-bond acceptors (Lipinski definition) is 6. The Balaban J connectivity index is 1.26. The zero-order valence-corrected chi connectivity index (χ0v) is 17.8. The Morgan fingerprint density at radius 1 is 1.06 bits per heavy atom. The van der Waals surface area contributed by atoms with Crippen LogP contribution in [0.2, 0.25) is 0 Å². The van der Waals surface area contributed by atoms with Crippen molar-refractivity contribution in [3.63, 3.8) is 0 Å². The Morgan fingerprint density at radius 2 is 1.90 bits per heavy atom. The molecule has 3 aliphatic heterocycles. The van der Waals surface area contributed by atoms with Gasteiger partial charge in [-0.15, -0.1) is 10.2 Å². The maximum absolute atomic E-state index is 10.7. The third-order valence-corrected chi connectivity index (χ3v) is 7.19. The van der Waals surface area contributed by atoms with Crippen LogP contribution in [0.1, 0.15) is 37.7 Å². The zero-order chi connectivity index (χ0) is 20.9. The summed E-state index contributed by atoms with van der Waals surface area (Å²) in [7, 11) is 1.89. The standard InChI is InChI=1S/C24H28N6O/c1-29-14-17(13-25-29)15-5-6-21(23(31)10-15)22-9-16-7-8-30(24(16)28-27-22)20-11-18-3-2-4-19(12-20)26-18/h5-6,9-10,13-14,18-20,26,31H,2-4,7-8,11-12H2,1H3. The van der Waals surface area contributed by atoms with Gasteiger partial charge in [0.1, 0.15) is 5.75 Å². The van der Waals surface area contributed by atoms with Crippen LogP contribution in [-0.4, -0.2) is 49.8 Å². The normalized spacial score (nSPS) is 24.9. The van der Waals surface area contributed by atoms with Crippen LogP contribution in [0, 0.1) is 0 Å². The lowest BCUT2D eigenvalue weighted by Gasteiger charge is -2.44. The first-order valence-electron chi connectivity index (χ1n) is 11.4. The van der Waals surface area contributed by atoms with E-state index in [1.54, 1.807) is 16.9 Å². The molecule has 2 N–H and O–H groups in total. The molecule has 2 fully saturated rings. The Kier molecular flexibility index (Phi) is 4.45. The van der Waals surface area contributed by atoms with Gasteiger partial charge in [-0.3, -0.25) is 4.68 Å². The van der Waals surface area contributed by atoms with E-state index >= 15 is 0 Å². The van der Waals surface area contributed by atoms with Crippen LogP contribution in [0.15, 0.2) is 36.7 Å². The minimum Gasteiger partial charge on any atom is -0.507 e. The van der Waals surface area contributed by atoms with Crippen LogP contribution in [0.25, 0.3) is 22.4 Å². The van der Waals surface area contributed by atoms with Gasteiger partial charge in [-0.05, 0) is 55.9 Å². The molecule has 2 bridgehead atoms. The van der Waals surface area contributed by atoms with E-state index in [2.05, 4.69) is 31.6 Å². The first-order valence-corrected chi connectivity index (χ1v) is 11.4. The molecule has 31 heavy (non-hydrogen) atoms. The maximum atomic E-state index is 10.7. The summed E-state index contributed by atoms with van der Waals surface area (Å²) in [5.74, 6) is 1.26. The van der Waals surface area contributed by atoms with Crippen molar-refractivity contribution >= 4 is 5.82 Å². The molecule has 0 amide bonds. The average molecular weight is 417 g/mol. The molecule has 3 aliphatic rings. The van der Waals surface area contributed by atoms with E-state index in [4.69, 9.17) is 0 Å². The molecule has 160 valence electrons. The van der Waals surface area contributed by atoms with Crippen molar-refractivity contribution in [3.05, 3.63) is 42.2 Å². The lowest BCUT2D eigenvalue weighted by Crippen LogP contribution is -2.54. The number of phenolic OH excluding ortho intramolecular Hbond substituents is 1. The number of aryl methyl sites for hydroxylation is 1. The van der Waals surface area contributed by atoms with Crippen LogP contribution >= 0.6 is 0 Å². The Labute approximate surface area is 182 Å². The first kappa shape index (κ1) is 18.8. The first-order chi connectivity index (χ1) is 15.1. The molecule has 1 aromatic carbocycles. The van der Waals surface area contributed by atoms with Crippen molar-refractivity contribution in [2.75, 3.05) is 11.4 Å². The molecule has 0 saturated carbocycles. The number of rotatable bonds is 3. The van der Waals surface area contributed by atoms with Crippen LogP contribution in [-0.2, 0) is 13.5 Å². The van der Waals surface area contributed by atoms with Gasteiger partial charge in [0.15, 0.2) is 5.82 Å². The summed E-state index contributed by atoms with van der Waals surface area (Å²) in [6.45, 7) is 1.02. The van der Waals surface area contributed by atoms with Gasteiger partial charge in [0.2, 0.25) is 0 Å². The van der Waals surface area contributed by atoms with Gasteiger partial charge in [-0.1, -0.05) is 12.5 Å². The van der Waals surface area contributed by atoms with Gasteiger partial charge in [0.25, 0.3) is 0 Å². The molecular formula is C24H28N6O. The second-order valence-corrected chi connectivity index (χ2v) is 9.27. The molecular weight excluding hydrogens is 388 g/mol. The molecule has 6 rings (SSSR count). The SMILES string of the molecule is Cn1cc(-c2ccc(-c3cc4c(nn3)N(C3CC5CCCC(C3)N5)CC4)c(O)c2)cn1. The summed E-state index contributed by atoms with van der Waals surface area (Å²) in [6.07, 6.45) is 11.1. The number of fused-ring (bicyclic) bond motifs is 3. The number of aromatic nitrogens is 4. The number of aromatic hydroxyl groups is 1. The van der Waals surface area contributed by atoms with Crippen LogP contribution in [0.4, 0.5) is 5.82 Å². The molecule has 3 aromatic rings. The van der Waals surface area contributed by atoms with E-state index < -0.39 is 0 Å². The number of anilines is 1. The van der Waals surface area contributed by atoms with E-state index in [1.165, 1.54) is 37.7 Å². The topological polar surface area (TPSA) is 79.1 Å². The summed E-state index contributed by atoms with van der Waals surface area (Å²) in [5, 5.41) is 27.9. The molecule has 7 nitrogen and oxygen atoms in total. The van der Waals surface area contributed by atoms with Crippen LogP contribution in [0.3, 0.4) is 0 Å². The van der Waals surface area contributed by atoms with Crippen molar-refractivity contribution in [1.29, 1.82) is 0 Å². The predicted octanol–water partition coefficient (Wildman–Crippen LogP) is 3.29. The molecule has 2 unspecified atom stereocenters. The van der Waals surface area contributed by atoms with Crippen molar-refractivity contribution < 1.29 is 5.11 Å². The third kappa shape index (κ3) is 3.37. The summed E-state index contributed by atoms with van der Waals surface area (Å²) < 4.78 is 1.76. The number of nitrogens with zero attached hydrogens (tertiary/aromatic N) is 5. The lowest BCUT2D eigenvalue weighted by molar-refractivity contribution is 0.217. The molecule has 0 spiro atoms. The fourth-order valence-electron chi connectivity index (χ4n) is 5.67. The van der Waals surface area contributed by atoms with Crippen molar-refractivity contribution in [2.24, 2.45) is 7.05 Å². The quantitative estimate of drug-likeness (QED) is 0.682. The highest BCUT2D eigenvalue weighted by atomic mass is 16.3. The van der Waals surface area contributed by atoms with Crippen LogP contribution < -0.4 is 10.2 Å². The van der Waals surface area contributed by atoms with Gasteiger partial charge in [-0.25, -0.2) is 0 Å². The number of piperidine rings is 2. The molecule has 7 heteroatoms. The van der Waals surface area contributed by atoms with E-state index in [-0.39, 0.29) is 5.75 Å². The van der Waals surface area contributed by atoms with E-state index in [9.17, 15) is 5.11 Å². The Bertz CT molecular complexity index is 1110. The minimum absolute atomic E-state index is 0.219. The van der Waals surface area contributed by atoms with Gasteiger partial charge < -0.3 is 15.3 Å². The summed E-state index contributed by atoms with van der Waals surface area (Å²) in [6, 6.07) is 9.69. The lowest BCUT2D eigenvalue weighted by atomic mass is 9.83. The number of nitrogens with one attached hydrogen (secondary N) is 1. The highest BCUT2D eigenvalue weighted by Gasteiger charge is 2.37. The van der Waals surface area contributed by atoms with Gasteiger partial charge in [0, 0.05) is 54.6 Å². The predicted molar refractivity (Wildman–Crippen MR) is 120 cm³/mol. The molecule has 0 radical (unpaired) electrons. The molecule has 5 heterocycles. The molecule has 2 aromatic heterocycles. The third-order valence-electron chi connectivity index (χ3n) is 7.19. The summed E-state index contributed by atoms with van der Waals surface area (Å²) >= 11 is 0. The monoisotopic (exact) mass is 416 g/mol. The minimum atomic E-state index is 0.219. The fraction of sp³-hybridized carbons (Fsp3) is 0.458. The zero-order valence-electron chi connectivity index (χ0n) is 17.8. The molecule has 2 atom stereocenters. The average Bonchev–Trinajstić information content (AvgIpc) is 3.39. The smallest absolute Gasteiger partial charge is 0.154 e. The maximum Gasteiger partial charge on any atom is 0.154 e. The summed E-state index contributed by atoms with van der Waals surface area (Å²) in [4.78, 5) is 2.49. The second-order valence-electron chi connectivity index (χ2n) is 9.27. The number of benzene rings is 1. The number of hydrogen-bond donors (Lipinski definition) is 2. The van der Waals surface area contributed by atoms with Gasteiger partial charge in [0.05, 0.1) is 11.9 Å². The van der Waals surface area contributed by atoms with Crippen molar-refractivity contribution in [3.8, 4) is 28.1 Å². The fourth-order valence-corrected chi connectivity index (χ4v) is 5.67. The largest absolute Gasteiger partial charge is 0.507 e. The summed E-state index contributed by atoms with van der Waals surface area (Å²) in [5.41, 5.74) is 4.61. The van der Waals surface area contributed by atoms with Crippen molar-refractivity contribution in [2.45, 2.75) is 56.7 Å². The molecule has 0 aliphatic carbocycles. The molecule has 2 saturated heterocycles. The van der Waals surface area contributed by atoms with Crippen molar-refractivity contribution in [1.82, 2.24) is 25.3 Å². The second kappa shape index (κ2) is 7.34. The number of phenols is 1. The van der Waals surface area contributed by atoms with Gasteiger partial charge in [-0.2, -0.15) is 5.10 Å². The van der Waals surface area contributed by atoms with Crippen LogP contribution in [0.5, 0.6) is 5.75 Å². The Hall–Kier alpha value is -2.93. The highest BCUT2D eigenvalue weighted by molar-refractivity contribution is 5.74. The van der Waals surface area contributed by atoms with E-state index in [0.717, 1.165) is 41.2 Å². The highest BCUT2D eigenvalue weighted by Crippen LogP contribution is 2.37. The Morgan fingerprint density at radius 3 is 2.65 bits per heavy atom. The van der Waals surface area contributed by atoms with Gasteiger partial charge >= 0.3 is 0 Å².